The number of rotatable bonds is 7. The molecule has 1 atom stereocenters. The monoisotopic (exact) mass is 370 g/mol. The summed E-state index contributed by atoms with van der Waals surface area (Å²) in [5.41, 5.74) is 1.57. The Morgan fingerprint density at radius 3 is 2.52 bits per heavy atom. The van der Waals surface area contributed by atoms with E-state index in [1.807, 2.05) is 13.0 Å². The quantitative estimate of drug-likeness (QED) is 0.755. The van der Waals surface area contributed by atoms with Crippen molar-refractivity contribution in [2.24, 2.45) is 0 Å². The molecule has 27 heavy (non-hydrogen) atoms. The topological polar surface area (TPSA) is 50.8 Å². The number of amides is 2. The molecular weight excluding hydrogens is 347 g/mol. The molecule has 0 heterocycles. The minimum atomic E-state index is -0.337. The number of nitrogens with zero attached hydrogens (tertiary/aromatic N) is 1. The van der Waals surface area contributed by atoms with Crippen molar-refractivity contribution < 1.29 is 18.7 Å². The van der Waals surface area contributed by atoms with Crippen molar-refractivity contribution in [1.29, 1.82) is 0 Å². The number of benzene rings is 2. The van der Waals surface area contributed by atoms with Gasteiger partial charge in [-0.2, -0.15) is 0 Å². The molecule has 2 aromatic rings. The zero-order chi connectivity index (χ0) is 19.8. The number of hydrogen-bond donors (Lipinski definition) is 1. The molecule has 0 aliphatic rings. The lowest BCUT2D eigenvalue weighted by molar-refractivity contribution is 0.198. The summed E-state index contributed by atoms with van der Waals surface area (Å²) >= 11 is 0. The van der Waals surface area contributed by atoms with Gasteiger partial charge in [0.15, 0.2) is 0 Å². The van der Waals surface area contributed by atoms with E-state index >= 15 is 0 Å². The Morgan fingerprint density at radius 1 is 1.22 bits per heavy atom. The van der Waals surface area contributed by atoms with E-state index in [2.05, 4.69) is 11.2 Å². The summed E-state index contributed by atoms with van der Waals surface area (Å²) < 4.78 is 23.7. The van der Waals surface area contributed by atoms with Crippen molar-refractivity contribution in [3.05, 3.63) is 59.4 Å². The Kier molecular flexibility index (Phi) is 7.07. The average molecular weight is 370 g/mol. The highest BCUT2D eigenvalue weighted by Gasteiger charge is 2.19. The first-order chi connectivity index (χ1) is 13.0. The van der Waals surface area contributed by atoms with Gasteiger partial charge in [0.25, 0.3) is 0 Å². The minimum absolute atomic E-state index is 0.130. The van der Waals surface area contributed by atoms with Crippen LogP contribution in [0.15, 0.2) is 42.5 Å². The molecule has 0 saturated heterocycles. The molecule has 1 unspecified atom stereocenters. The van der Waals surface area contributed by atoms with E-state index in [1.165, 1.54) is 17.0 Å². The summed E-state index contributed by atoms with van der Waals surface area (Å²) in [5.74, 6) is 3.46. The molecule has 0 aromatic heterocycles. The van der Waals surface area contributed by atoms with Crippen molar-refractivity contribution in [1.82, 2.24) is 10.2 Å². The third kappa shape index (κ3) is 5.38. The van der Waals surface area contributed by atoms with Crippen molar-refractivity contribution in [2.75, 3.05) is 20.8 Å². The van der Waals surface area contributed by atoms with Crippen LogP contribution in [-0.2, 0) is 6.54 Å². The van der Waals surface area contributed by atoms with Gasteiger partial charge in [0.05, 0.1) is 26.8 Å². The van der Waals surface area contributed by atoms with Gasteiger partial charge in [-0.05, 0) is 42.8 Å². The Balaban J connectivity index is 2.14. The van der Waals surface area contributed by atoms with Crippen LogP contribution in [-0.4, -0.2) is 31.7 Å². The molecule has 0 bridgehead atoms. The van der Waals surface area contributed by atoms with E-state index < -0.39 is 0 Å². The smallest absolute Gasteiger partial charge is 0.318 e. The largest absolute Gasteiger partial charge is 0.497 e. The molecule has 0 spiro atoms. The maximum atomic E-state index is 13.1. The van der Waals surface area contributed by atoms with E-state index in [0.29, 0.717) is 11.5 Å². The number of carbonyl (C=O) groups excluding carboxylic acids is 1. The Hall–Kier alpha value is -3.20. The van der Waals surface area contributed by atoms with Crippen LogP contribution in [0.4, 0.5) is 9.18 Å². The first-order valence-electron chi connectivity index (χ1n) is 8.43. The average Bonchev–Trinajstić information content (AvgIpc) is 2.68. The van der Waals surface area contributed by atoms with Crippen LogP contribution in [0.5, 0.6) is 11.5 Å². The molecule has 0 aliphatic carbocycles. The third-order valence-electron chi connectivity index (χ3n) is 4.10. The predicted molar refractivity (Wildman–Crippen MR) is 102 cm³/mol. The summed E-state index contributed by atoms with van der Waals surface area (Å²) in [6.45, 7) is 2.25. The number of ether oxygens (including phenoxy) is 2. The predicted octanol–water partition coefficient (Wildman–Crippen LogP) is 3.75. The highest BCUT2D eigenvalue weighted by atomic mass is 19.1. The lowest BCUT2D eigenvalue weighted by atomic mass is 10.1. The number of terminal acetylenes is 1. The van der Waals surface area contributed by atoms with E-state index in [1.54, 1.807) is 38.5 Å². The van der Waals surface area contributed by atoms with Crippen molar-refractivity contribution in [3.8, 4) is 23.8 Å². The van der Waals surface area contributed by atoms with Crippen molar-refractivity contribution >= 4 is 6.03 Å². The van der Waals surface area contributed by atoms with Gasteiger partial charge < -0.3 is 19.7 Å². The molecule has 1 N–H and O–H groups in total. The van der Waals surface area contributed by atoms with Gasteiger partial charge in [-0.25, -0.2) is 9.18 Å². The maximum absolute atomic E-state index is 13.1. The standard InChI is InChI=1S/C21H23FN2O3/c1-5-12-24(14-16-6-8-17(22)9-7-16)21(25)23-15(2)19-13-18(26-3)10-11-20(19)27-4/h1,6-11,13,15H,12,14H2,2-4H3,(H,23,25). The second-order valence-corrected chi connectivity index (χ2v) is 5.97. The highest BCUT2D eigenvalue weighted by Crippen LogP contribution is 2.29. The van der Waals surface area contributed by atoms with Crippen molar-refractivity contribution in [3.63, 3.8) is 0 Å². The molecule has 0 fully saturated rings. The molecule has 0 aliphatic heterocycles. The molecular formula is C21H23FN2O3. The second-order valence-electron chi connectivity index (χ2n) is 5.97. The minimum Gasteiger partial charge on any atom is -0.497 e. The van der Waals surface area contributed by atoms with Crippen LogP contribution >= 0.6 is 0 Å². The molecule has 142 valence electrons. The fourth-order valence-electron chi connectivity index (χ4n) is 2.65. The third-order valence-corrected chi connectivity index (χ3v) is 4.10. The van der Waals surface area contributed by atoms with Crippen LogP contribution in [0, 0.1) is 18.2 Å². The summed E-state index contributed by atoms with van der Waals surface area (Å²) in [6, 6.07) is 10.7. The number of urea groups is 1. The zero-order valence-corrected chi connectivity index (χ0v) is 15.7. The van der Waals surface area contributed by atoms with Gasteiger partial charge in [-0.3, -0.25) is 0 Å². The number of halogens is 1. The van der Waals surface area contributed by atoms with Gasteiger partial charge in [0.1, 0.15) is 17.3 Å². The first kappa shape index (κ1) is 20.1. The zero-order valence-electron chi connectivity index (χ0n) is 15.7. The first-order valence-corrected chi connectivity index (χ1v) is 8.43. The van der Waals surface area contributed by atoms with Crippen LogP contribution in [0.2, 0.25) is 0 Å². The van der Waals surface area contributed by atoms with Gasteiger partial charge in [-0.15, -0.1) is 6.42 Å². The van der Waals surface area contributed by atoms with Crippen LogP contribution in [0.3, 0.4) is 0 Å². The lowest BCUT2D eigenvalue weighted by Crippen LogP contribution is -2.41. The summed E-state index contributed by atoms with van der Waals surface area (Å²) in [6.07, 6.45) is 5.40. The summed E-state index contributed by atoms with van der Waals surface area (Å²) in [4.78, 5) is 14.2. The Bertz CT molecular complexity index is 815. The molecule has 2 amide bonds. The van der Waals surface area contributed by atoms with Gasteiger partial charge in [0.2, 0.25) is 0 Å². The van der Waals surface area contributed by atoms with Crippen LogP contribution in [0.1, 0.15) is 24.1 Å². The van der Waals surface area contributed by atoms with Gasteiger partial charge >= 0.3 is 6.03 Å². The molecule has 6 heteroatoms. The molecule has 0 saturated carbocycles. The molecule has 0 radical (unpaired) electrons. The number of nitrogens with one attached hydrogen (secondary N) is 1. The van der Waals surface area contributed by atoms with Gasteiger partial charge in [-0.1, -0.05) is 18.1 Å². The maximum Gasteiger partial charge on any atom is 0.318 e. The van der Waals surface area contributed by atoms with E-state index in [0.717, 1.165) is 11.1 Å². The summed E-state index contributed by atoms with van der Waals surface area (Å²) in [5, 5.41) is 2.92. The molecule has 2 rings (SSSR count). The van der Waals surface area contributed by atoms with Gasteiger partial charge in [0, 0.05) is 12.1 Å². The fraction of sp³-hybridized carbons (Fsp3) is 0.286. The molecule has 2 aromatic carbocycles. The van der Waals surface area contributed by atoms with E-state index in [4.69, 9.17) is 15.9 Å². The fourth-order valence-corrected chi connectivity index (χ4v) is 2.65. The second kappa shape index (κ2) is 9.48. The Morgan fingerprint density at radius 2 is 1.93 bits per heavy atom. The lowest BCUT2D eigenvalue weighted by Gasteiger charge is -2.25. The highest BCUT2D eigenvalue weighted by molar-refractivity contribution is 5.75. The Labute approximate surface area is 159 Å². The van der Waals surface area contributed by atoms with Crippen LogP contribution in [0.25, 0.3) is 0 Å². The number of methoxy groups -OCH3 is 2. The SMILES string of the molecule is C#CCN(Cc1ccc(F)cc1)C(=O)NC(C)c1cc(OC)ccc1OC. The van der Waals surface area contributed by atoms with E-state index in [-0.39, 0.29) is 31.0 Å². The number of hydrogen-bond acceptors (Lipinski definition) is 3. The number of carbonyl (C=O) groups is 1. The van der Waals surface area contributed by atoms with Crippen molar-refractivity contribution in [2.45, 2.75) is 19.5 Å². The van der Waals surface area contributed by atoms with E-state index in [9.17, 15) is 9.18 Å². The summed E-state index contributed by atoms with van der Waals surface area (Å²) in [7, 11) is 3.14. The molecule has 5 nitrogen and oxygen atoms in total. The normalized spacial score (nSPS) is 11.2. The van der Waals surface area contributed by atoms with Crippen LogP contribution < -0.4 is 14.8 Å².